The Labute approximate surface area is 233 Å². The van der Waals surface area contributed by atoms with Crippen molar-refractivity contribution in [3.8, 4) is 17.2 Å². The molecule has 10 heteroatoms. The van der Waals surface area contributed by atoms with Crippen LogP contribution in [0.2, 0.25) is 0 Å². The Morgan fingerprint density at radius 3 is 2.25 bits per heavy atom. The van der Waals surface area contributed by atoms with E-state index in [2.05, 4.69) is 5.32 Å². The van der Waals surface area contributed by atoms with E-state index in [1.165, 1.54) is 12.1 Å². The van der Waals surface area contributed by atoms with Gasteiger partial charge in [0.05, 0.1) is 20.3 Å². The van der Waals surface area contributed by atoms with Gasteiger partial charge >= 0.3 is 12.0 Å². The summed E-state index contributed by atoms with van der Waals surface area (Å²) in [6, 6.07) is 19.7. The van der Waals surface area contributed by atoms with Gasteiger partial charge in [-0.15, -0.1) is 0 Å². The van der Waals surface area contributed by atoms with Crippen molar-refractivity contribution in [2.24, 2.45) is 0 Å². The summed E-state index contributed by atoms with van der Waals surface area (Å²) in [5.74, 6) is 0.436. The van der Waals surface area contributed by atoms with E-state index in [1.807, 2.05) is 0 Å². The molecule has 3 aromatic carbocycles. The molecule has 9 nitrogen and oxygen atoms in total. The van der Waals surface area contributed by atoms with Crippen LogP contribution in [0.15, 0.2) is 72.8 Å². The average molecular weight is 555 g/mol. The van der Waals surface area contributed by atoms with Gasteiger partial charge in [-0.25, -0.2) is 14.0 Å². The largest absolute Gasteiger partial charge is 0.497 e. The van der Waals surface area contributed by atoms with Crippen molar-refractivity contribution >= 4 is 17.7 Å². The van der Waals surface area contributed by atoms with Gasteiger partial charge in [0.2, 0.25) is 0 Å². The summed E-state index contributed by atoms with van der Waals surface area (Å²) in [6.07, 6.45) is -0.107. The van der Waals surface area contributed by atoms with Gasteiger partial charge in [-0.2, -0.15) is 0 Å². The number of carboxylic acids is 1. The van der Waals surface area contributed by atoms with Gasteiger partial charge in [0.15, 0.2) is 6.10 Å². The highest BCUT2D eigenvalue weighted by atomic mass is 19.1. The lowest BCUT2D eigenvalue weighted by molar-refractivity contribution is -0.149. The van der Waals surface area contributed by atoms with E-state index in [4.69, 9.17) is 18.9 Å². The van der Waals surface area contributed by atoms with Crippen LogP contribution >= 0.6 is 0 Å². The van der Waals surface area contributed by atoms with E-state index in [-0.39, 0.29) is 24.9 Å². The number of aliphatic carboxylic acids is 1. The number of hydrogen-bond acceptors (Lipinski definition) is 6. The number of halogens is 1. The number of urea groups is 1. The molecular formula is C30H35FN2O7. The molecule has 1 atom stereocenters. The molecule has 0 saturated carbocycles. The molecule has 0 aromatic heterocycles. The molecule has 3 aromatic rings. The lowest BCUT2D eigenvalue weighted by Gasteiger charge is -2.23. The average Bonchev–Trinajstić information content (AvgIpc) is 2.95. The van der Waals surface area contributed by atoms with Crippen LogP contribution in [0.3, 0.4) is 0 Å². The number of carbonyl (C=O) groups excluding carboxylic acids is 1. The Balaban J connectivity index is 1.55. The molecule has 0 radical (unpaired) electrons. The molecule has 0 spiro atoms. The number of ether oxygens (including phenoxy) is 4. The highest BCUT2D eigenvalue weighted by Crippen LogP contribution is 2.18. The molecule has 0 fully saturated rings. The van der Waals surface area contributed by atoms with Crippen LogP contribution in [0.25, 0.3) is 0 Å². The molecule has 0 saturated heterocycles. The Morgan fingerprint density at radius 2 is 1.60 bits per heavy atom. The Morgan fingerprint density at radius 1 is 0.925 bits per heavy atom. The number of methoxy groups -OCH3 is 1. The van der Waals surface area contributed by atoms with E-state index in [0.29, 0.717) is 55.7 Å². The SMILES string of the molecule is CCOC(Cc1ccc(OCCN(CCCOc2ccc(F)cc2)C(=O)Nc2cccc(OC)c2)cc1)C(=O)O. The summed E-state index contributed by atoms with van der Waals surface area (Å²) >= 11 is 0. The van der Waals surface area contributed by atoms with Crippen LogP contribution < -0.4 is 19.5 Å². The Hall–Kier alpha value is -4.31. The number of rotatable bonds is 16. The third kappa shape index (κ3) is 10.1. The predicted octanol–water partition coefficient (Wildman–Crippen LogP) is 5.25. The summed E-state index contributed by atoms with van der Waals surface area (Å²) in [5, 5.41) is 12.2. The molecule has 0 aliphatic heterocycles. The van der Waals surface area contributed by atoms with Crippen LogP contribution in [0.5, 0.6) is 17.2 Å². The molecule has 3 rings (SSSR count). The Bertz CT molecular complexity index is 1210. The minimum Gasteiger partial charge on any atom is -0.497 e. The number of nitrogens with zero attached hydrogens (tertiary/aromatic N) is 1. The maximum absolute atomic E-state index is 13.1. The molecular weight excluding hydrogens is 519 g/mol. The van der Waals surface area contributed by atoms with Gasteiger partial charge in [0.25, 0.3) is 0 Å². The van der Waals surface area contributed by atoms with Crippen molar-refractivity contribution in [1.29, 1.82) is 0 Å². The molecule has 2 amide bonds. The zero-order chi connectivity index (χ0) is 28.7. The van der Waals surface area contributed by atoms with Crippen molar-refractivity contribution in [3.63, 3.8) is 0 Å². The molecule has 40 heavy (non-hydrogen) atoms. The number of benzene rings is 3. The molecule has 0 bridgehead atoms. The highest BCUT2D eigenvalue weighted by molar-refractivity contribution is 5.89. The molecule has 0 aliphatic rings. The second-order valence-corrected chi connectivity index (χ2v) is 8.78. The first-order chi connectivity index (χ1) is 19.4. The van der Waals surface area contributed by atoms with Crippen molar-refractivity contribution in [2.45, 2.75) is 25.9 Å². The summed E-state index contributed by atoms with van der Waals surface area (Å²) in [5.41, 5.74) is 1.41. The lowest BCUT2D eigenvalue weighted by Crippen LogP contribution is -2.39. The Kier molecular flexibility index (Phi) is 12.1. The number of carbonyl (C=O) groups is 2. The van der Waals surface area contributed by atoms with Crippen LogP contribution in [0.1, 0.15) is 18.9 Å². The van der Waals surface area contributed by atoms with E-state index in [1.54, 1.807) is 79.6 Å². The highest BCUT2D eigenvalue weighted by Gasteiger charge is 2.18. The first-order valence-electron chi connectivity index (χ1n) is 13.0. The van der Waals surface area contributed by atoms with E-state index >= 15 is 0 Å². The fraction of sp³-hybridized carbons (Fsp3) is 0.333. The minimum atomic E-state index is -1.00. The maximum atomic E-state index is 13.1. The lowest BCUT2D eigenvalue weighted by atomic mass is 10.1. The van der Waals surface area contributed by atoms with Crippen molar-refractivity contribution in [1.82, 2.24) is 4.90 Å². The summed E-state index contributed by atoms with van der Waals surface area (Å²) in [6.45, 7) is 3.35. The van der Waals surface area contributed by atoms with Gasteiger partial charge in [0.1, 0.15) is 29.7 Å². The normalized spacial score (nSPS) is 11.4. The zero-order valence-corrected chi connectivity index (χ0v) is 22.7. The topological polar surface area (TPSA) is 107 Å². The van der Waals surface area contributed by atoms with Crippen molar-refractivity contribution in [2.75, 3.05) is 45.3 Å². The van der Waals surface area contributed by atoms with E-state index < -0.39 is 12.1 Å². The molecule has 0 aliphatic carbocycles. The van der Waals surface area contributed by atoms with E-state index in [9.17, 15) is 19.1 Å². The fourth-order valence-electron chi connectivity index (χ4n) is 3.82. The molecule has 214 valence electrons. The number of hydrogen-bond donors (Lipinski definition) is 2. The first-order valence-corrected chi connectivity index (χ1v) is 13.0. The molecule has 0 heterocycles. The summed E-state index contributed by atoms with van der Waals surface area (Å²) in [7, 11) is 1.56. The van der Waals surface area contributed by atoms with Crippen molar-refractivity contribution < 1.29 is 38.0 Å². The summed E-state index contributed by atoms with van der Waals surface area (Å²) in [4.78, 5) is 26.0. The smallest absolute Gasteiger partial charge is 0.333 e. The number of carboxylic acid groups (broad SMARTS) is 1. The van der Waals surface area contributed by atoms with Crippen LogP contribution in [-0.2, 0) is 16.0 Å². The second-order valence-electron chi connectivity index (χ2n) is 8.78. The van der Waals surface area contributed by atoms with Crippen LogP contribution in [0, 0.1) is 5.82 Å². The standard InChI is InChI=1S/C30H35FN2O7/c1-3-38-28(29(34)35)20-22-8-12-25(13-9-22)40-19-17-33(16-5-18-39-26-14-10-23(31)11-15-26)30(36)32-24-6-4-7-27(21-24)37-2/h4,6-15,21,28H,3,5,16-20H2,1-2H3,(H,32,36)(H,34,35). The van der Waals surface area contributed by atoms with Crippen LogP contribution in [-0.4, -0.2) is 68.1 Å². The quantitative estimate of drug-likeness (QED) is 0.233. The zero-order valence-electron chi connectivity index (χ0n) is 22.7. The van der Waals surface area contributed by atoms with Gasteiger partial charge in [-0.3, -0.25) is 0 Å². The first kappa shape index (κ1) is 30.2. The van der Waals surface area contributed by atoms with Gasteiger partial charge in [0, 0.05) is 31.3 Å². The minimum absolute atomic E-state index is 0.237. The molecule has 1 unspecified atom stereocenters. The van der Waals surface area contributed by atoms with Gasteiger partial charge < -0.3 is 34.3 Å². The number of nitrogens with one attached hydrogen (secondary N) is 1. The monoisotopic (exact) mass is 554 g/mol. The fourth-order valence-corrected chi connectivity index (χ4v) is 3.82. The van der Waals surface area contributed by atoms with E-state index in [0.717, 1.165) is 5.56 Å². The van der Waals surface area contributed by atoms with Gasteiger partial charge in [-0.1, -0.05) is 18.2 Å². The maximum Gasteiger partial charge on any atom is 0.333 e. The third-order valence-corrected chi connectivity index (χ3v) is 5.88. The van der Waals surface area contributed by atoms with Gasteiger partial charge in [-0.05, 0) is 67.4 Å². The number of amides is 2. The molecule has 2 N–H and O–H groups in total. The summed E-state index contributed by atoms with van der Waals surface area (Å²) < 4.78 is 35.1. The predicted molar refractivity (Wildman–Crippen MR) is 149 cm³/mol. The van der Waals surface area contributed by atoms with Crippen LogP contribution in [0.4, 0.5) is 14.9 Å². The van der Waals surface area contributed by atoms with Crippen molar-refractivity contribution in [3.05, 3.63) is 84.2 Å². The second kappa shape index (κ2) is 15.9. The number of anilines is 1. The third-order valence-electron chi connectivity index (χ3n) is 5.88.